The number of hydrogen-bond donors (Lipinski definition) is 2. The smallest absolute Gasteiger partial charge is 0.224 e. The summed E-state index contributed by atoms with van der Waals surface area (Å²) < 4.78 is 5.80. The summed E-state index contributed by atoms with van der Waals surface area (Å²) in [6.45, 7) is 7.06. The van der Waals surface area contributed by atoms with E-state index in [0.29, 0.717) is 13.1 Å². The Kier molecular flexibility index (Phi) is 9.01. The number of halogens is 1. The van der Waals surface area contributed by atoms with Crippen molar-refractivity contribution in [1.82, 2.24) is 10.6 Å². The van der Waals surface area contributed by atoms with Crippen molar-refractivity contribution in [1.29, 1.82) is 0 Å². The van der Waals surface area contributed by atoms with Crippen molar-refractivity contribution in [3.63, 3.8) is 0 Å². The van der Waals surface area contributed by atoms with Crippen molar-refractivity contribution in [2.75, 3.05) is 20.1 Å². The molecule has 0 aliphatic heterocycles. The van der Waals surface area contributed by atoms with Gasteiger partial charge in [0, 0.05) is 12.5 Å². The number of para-hydroxylation sites is 1. The fraction of sp³-hybridized carbons (Fsp3) is 0.533. The van der Waals surface area contributed by atoms with E-state index in [4.69, 9.17) is 4.74 Å². The maximum absolute atomic E-state index is 11.8. The van der Waals surface area contributed by atoms with Crippen LogP contribution in [0.25, 0.3) is 0 Å². The number of aryl methyl sites for hydroxylation is 1. The maximum atomic E-state index is 11.8. The molecule has 1 amide bonds. The summed E-state index contributed by atoms with van der Waals surface area (Å²) in [7, 11) is 1.84. The molecule has 2 N–H and O–H groups in total. The molecule has 0 saturated carbocycles. The van der Waals surface area contributed by atoms with Crippen molar-refractivity contribution in [2.24, 2.45) is 5.92 Å². The second-order valence-corrected chi connectivity index (χ2v) is 4.90. The lowest BCUT2D eigenvalue weighted by Crippen LogP contribution is -2.39. The zero-order valence-electron chi connectivity index (χ0n) is 12.6. The molecule has 1 aromatic rings. The first kappa shape index (κ1) is 18.7. The van der Waals surface area contributed by atoms with Crippen molar-refractivity contribution < 1.29 is 9.53 Å². The third kappa shape index (κ3) is 6.26. The first-order valence-corrected chi connectivity index (χ1v) is 6.69. The molecule has 4 nitrogen and oxygen atoms in total. The summed E-state index contributed by atoms with van der Waals surface area (Å²) in [4.78, 5) is 11.8. The minimum Gasteiger partial charge on any atom is -0.489 e. The molecule has 0 aromatic heterocycles. The van der Waals surface area contributed by atoms with E-state index >= 15 is 0 Å². The molecule has 0 heterocycles. The Morgan fingerprint density at radius 2 is 1.90 bits per heavy atom. The van der Waals surface area contributed by atoms with Crippen LogP contribution in [-0.2, 0) is 4.79 Å². The lowest BCUT2D eigenvalue weighted by atomic mass is 10.1. The number of benzene rings is 1. The average molecular weight is 301 g/mol. The van der Waals surface area contributed by atoms with Crippen LogP contribution >= 0.6 is 12.4 Å². The predicted molar refractivity (Wildman–Crippen MR) is 84.6 cm³/mol. The molecule has 2 atom stereocenters. The fourth-order valence-electron chi connectivity index (χ4n) is 1.76. The third-order valence-corrected chi connectivity index (χ3v) is 2.94. The summed E-state index contributed by atoms with van der Waals surface area (Å²) in [5.74, 6) is 0.887. The van der Waals surface area contributed by atoms with E-state index in [9.17, 15) is 4.79 Å². The molecule has 1 rings (SSSR count). The molecule has 0 aliphatic carbocycles. The third-order valence-electron chi connectivity index (χ3n) is 2.94. The van der Waals surface area contributed by atoms with Gasteiger partial charge in [0.25, 0.3) is 0 Å². The maximum Gasteiger partial charge on any atom is 0.224 e. The molecule has 20 heavy (non-hydrogen) atoms. The first-order chi connectivity index (χ1) is 9.04. The van der Waals surface area contributed by atoms with Crippen LogP contribution in [0.15, 0.2) is 24.3 Å². The van der Waals surface area contributed by atoms with Gasteiger partial charge in [0.15, 0.2) is 0 Å². The molecule has 1 aromatic carbocycles. The number of rotatable bonds is 7. The van der Waals surface area contributed by atoms with Crippen LogP contribution in [0.2, 0.25) is 0 Å². The molecule has 0 radical (unpaired) electrons. The Morgan fingerprint density at radius 3 is 2.50 bits per heavy atom. The van der Waals surface area contributed by atoms with Crippen LogP contribution in [0.5, 0.6) is 5.75 Å². The normalized spacial score (nSPS) is 13.0. The molecule has 2 unspecified atom stereocenters. The minimum atomic E-state index is -0.0492. The summed E-state index contributed by atoms with van der Waals surface area (Å²) >= 11 is 0. The fourth-order valence-corrected chi connectivity index (χ4v) is 1.76. The van der Waals surface area contributed by atoms with Gasteiger partial charge in [0.05, 0.1) is 6.54 Å². The van der Waals surface area contributed by atoms with E-state index in [1.807, 2.05) is 52.1 Å². The van der Waals surface area contributed by atoms with Crippen molar-refractivity contribution in [3.05, 3.63) is 29.8 Å². The van der Waals surface area contributed by atoms with E-state index in [1.165, 1.54) is 0 Å². The topological polar surface area (TPSA) is 50.4 Å². The molecule has 0 aliphatic rings. The molecular formula is C15H25ClN2O2. The van der Waals surface area contributed by atoms with E-state index in [2.05, 4.69) is 10.6 Å². The molecule has 114 valence electrons. The second kappa shape index (κ2) is 9.61. The highest BCUT2D eigenvalue weighted by molar-refractivity contribution is 5.85. The number of carbonyl (C=O) groups excluding carboxylic acids is 1. The quantitative estimate of drug-likeness (QED) is 0.811. The van der Waals surface area contributed by atoms with Gasteiger partial charge < -0.3 is 15.4 Å². The Labute approximate surface area is 127 Å². The van der Waals surface area contributed by atoms with E-state index in [1.54, 1.807) is 0 Å². The van der Waals surface area contributed by atoms with Crippen LogP contribution in [-0.4, -0.2) is 32.1 Å². The lowest BCUT2D eigenvalue weighted by Gasteiger charge is -2.18. The highest BCUT2D eigenvalue weighted by atomic mass is 35.5. The van der Waals surface area contributed by atoms with Crippen LogP contribution in [0.3, 0.4) is 0 Å². The van der Waals surface area contributed by atoms with Gasteiger partial charge >= 0.3 is 0 Å². The van der Waals surface area contributed by atoms with Crippen molar-refractivity contribution in [3.8, 4) is 5.75 Å². The molecular weight excluding hydrogens is 276 g/mol. The summed E-state index contributed by atoms with van der Waals surface area (Å²) in [6, 6.07) is 7.88. The van der Waals surface area contributed by atoms with Gasteiger partial charge in [-0.25, -0.2) is 0 Å². The molecule has 0 fully saturated rings. The molecule has 0 spiro atoms. The minimum absolute atomic E-state index is 0. The van der Waals surface area contributed by atoms with Crippen molar-refractivity contribution >= 4 is 18.3 Å². The number of amides is 1. The van der Waals surface area contributed by atoms with Crippen LogP contribution in [0, 0.1) is 12.8 Å². The van der Waals surface area contributed by atoms with Crippen LogP contribution in [0.4, 0.5) is 0 Å². The molecule has 0 bridgehead atoms. The highest BCUT2D eigenvalue weighted by Gasteiger charge is 2.13. The van der Waals surface area contributed by atoms with Gasteiger partial charge in [-0.15, -0.1) is 12.4 Å². The van der Waals surface area contributed by atoms with Gasteiger partial charge in [-0.2, -0.15) is 0 Å². The SMILES string of the molecule is CNCC(C)C(=O)NCC(C)Oc1ccccc1C.Cl. The largest absolute Gasteiger partial charge is 0.489 e. The highest BCUT2D eigenvalue weighted by Crippen LogP contribution is 2.17. The summed E-state index contributed by atoms with van der Waals surface area (Å²) in [5, 5.41) is 5.89. The zero-order chi connectivity index (χ0) is 14.3. The average Bonchev–Trinajstić information content (AvgIpc) is 2.39. The van der Waals surface area contributed by atoms with Crippen LogP contribution < -0.4 is 15.4 Å². The van der Waals surface area contributed by atoms with E-state index in [0.717, 1.165) is 11.3 Å². The predicted octanol–water partition coefficient (Wildman–Crippen LogP) is 2.16. The van der Waals surface area contributed by atoms with E-state index < -0.39 is 0 Å². The van der Waals surface area contributed by atoms with Gasteiger partial charge in [-0.1, -0.05) is 25.1 Å². The van der Waals surface area contributed by atoms with Gasteiger partial charge in [-0.05, 0) is 32.5 Å². The summed E-state index contributed by atoms with van der Waals surface area (Å²) in [5.41, 5.74) is 1.10. The molecule has 0 saturated heterocycles. The van der Waals surface area contributed by atoms with Crippen molar-refractivity contribution in [2.45, 2.75) is 26.9 Å². The Bertz CT molecular complexity index is 413. The Hall–Kier alpha value is -1.26. The standard InChI is InChI=1S/C15H24N2O2.ClH/c1-11-7-5-6-8-14(11)19-13(3)10-17-15(18)12(2)9-16-4;/h5-8,12-13,16H,9-10H2,1-4H3,(H,17,18);1H. The zero-order valence-corrected chi connectivity index (χ0v) is 13.4. The summed E-state index contributed by atoms with van der Waals surface area (Å²) in [6.07, 6.45) is -0.0492. The van der Waals surface area contributed by atoms with E-state index in [-0.39, 0.29) is 30.3 Å². The van der Waals surface area contributed by atoms with Crippen LogP contribution in [0.1, 0.15) is 19.4 Å². The second-order valence-electron chi connectivity index (χ2n) is 4.90. The number of hydrogen-bond acceptors (Lipinski definition) is 3. The first-order valence-electron chi connectivity index (χ1n) is 6.69. The Morgan fingerprint density at radius 1 is 1.25 bits per heavy atom. The number of ether oxygens (including phenoxy) is 1. The molecule has 5 heteroatoms. The Balaban J connectivity index is 0.00000361. The number of nitrogens with one attached hydrogen (secondary N) is 2. The van der Waals surface area contributed by atoms with Gasteiger partial charge in [-0.3, -0.25) is 4.79 Å². The van der Waals surface area contributed by atoms with Gasteiger partial charge in [0.1, 0.15) is 11.9 Å². The monoisotopic (exact) mass is 300 g/mol. The lowest BCUT2D eigenvalue weighted by molar-refractivity contribution is -0.124. The number of carbonyl (C=O) groups is 1. The van der Waals surface area contributed by atoms with Gasteiger partial charge in [0.2, 0.25) is 5.91 Å².